The van der Waals surface area contributed by atoms with Crippen molar-refractivity contribution in [1.82, 2.24) is 15.1 Å². The lowest BCUT2D eigenvalue weighted by molar-refractivity contribution is -0.00262. The Hall–Kier alpha value is -0.510. The molecule has 0 spiro atoms. The fourth-order valence-electron chi connectivity index (χ4n) is 4.04. The fraction of sp³-hybridized carbons (Fsp3) is 0.682. The molecule has 0 aromatic heterocycles. The number of rotatable bonds is 7. The summed E-state index contributed by atoms with van der Waals surface area (Å²) < 4.78 is 5.60. The van der Waals surface area contributed by atoms with Crippen molar-refractivity contribution in [2.24, 2.45) is 10.9 Å². The number of thioether (sulfide) groups is 1. The standard InChI is InChI=1S/C22H36N4OS.HI/c1-4-23-21(24-18-22(25(2)3)11-14-27-15-12-22)26-13-10-19(16-26)17-28-20-8-6-5-7-9-20;/h5-9,19H,4,10-18H2,1-3H3,(H,23,24);1H. The van der Waals surface area contributed by atoms with Gasteiger partial charge in [0.25, 0.3) is 0 Å². The first-order chi connectivity index (χ1) is 13.6. The summed E-state index contributed by atoms with van der Waals surface area (Å²) in [7, 11) is 4.36. The number of guanidine groups is 1. The third-order valence-electron chi connectivity index (χ3n) is 6.04. The Morgan fingerprint density at radius 3 is 2.66 bits per heavy atom. The van der Waals surface area contributed by atoms with Crippen molar-refractivity contribution in [3.63, 3.8) is 0 Å². The van der Waals surface area contributed by atoms with Gasteiger partial charge in [0.1, 0.15) is 0 Å². The van der Waals surface area contributed by atoms with E-state index in [1.165, 1.54) is 17.1 Å². The van der Waals surface area contributed by atoms with Crippen LogP contribution in [0.2, 0.25) is 0 Å². The zero-order valence-electron chi connectivity index (χ0n) is 18.1. The first-order valence-corrected chi connectivity index (χ1v) is 11.6. The van der Waals surface area contributed by atoms with Crippen molar-refractivity contribution in [3.05, 3.63) is 30.3 Å². The predicted octanol–water partition coefficient (Wildman–Crippen LogP) is 3.79. The molecule has 29 heavy (non-hydrogen) atoms. The van der Waals surface area contributed by atoms with Gasteiger partial charge in [0.2, 0.25) is 0 Å². The van der Waals surface area contributed by atoms with Gasteiger partial charge >= 0.3 is 0 Å². The van der Waals surface area contributed by atoms with Gasteiger partial charge in [0.05, 0.1) is 6.54 Å². The largest absolute Gasteiger partial charge is 0.381 e. The maximum atomic E-state index is 5.60. The highest BCUT2D eigenvalue weighted by molar-refractivity contribution is 14.0. The van der Waals surface area contributed by atoms with Crippen LogP contribution in [0.5, 0.6) is 0 Å². The molecule has 7 heteroatoms. The van der Waals surface area contributed by atoms with E-state index in [0.29, 0.717) is 0 Å². The summed E-state index contributed by atoms with van der Waals surface area (Å²) in [6, 6.07) is 10.7. The maximum absolute atomic E-state index is 5.60. The molecule has 0 amide bonds. The van der Waals surface area contributed by atoms with Crippen LogP contribution in [0.25, 0.3) is 0 Å². The summed E-state index contributed by atoms with van der Waals surface area (Å²) in [6.07, 6.45) is 3.36. The average molecular weight is 533 g/mol. The molecular formula is C22H37IN4OS. The maximum Gasteiger partial charge on any atom is 0.193 e. The minimum atomic E-state index is 0. The molecule has 2 heterocycles. The van der Waals surface area contributed by atoms with Gasteiger partial charge in [-0.2, -0.15) is 0 Å². The summed E-state index contributed by atoms with van der Waals surface area (Å²) in [5, 5.41) is 3.53. The van der Waals surface area contributed by atoms with Gasteiger partial charge < -0.3 is 19.9 Å². The quantitative estimate of drug-likeness (QED) is 0.251. The molecule has 0 saturated carbocycles. The highest BCUT2D eigenvalue weighted by atomic mass is 127. The van der Waals surface area contributed by atoms with Gasteiger partial charge in [-0.1, -0.05) is 18.2 Å². The molecule has 5 nitrogen and oxygen atoms in total. The molecule has 0 bridgehead atoms. The Balaban J connectivity index is 0.00000300. The normalized spacial score (nSPS) is 21.9. The van der Waals surface area contributed by atoms with Crippen LogP contribution in [-0.2, 0) is 4.74 Å². The molecule has 2 fully saturated rings. The molecule has 1 aromatic carbocycles. The zero-order chi connectivity index (χ0) is 19.8. The van der Waals surface area contributed by atoms with Crippen LogP contribution in [0.4, 0.5) is 0 Å². The highest BCUT2D eigenvalue weighted by Crippen LogP contribution is 2.28. The second-order valence-corrected chi connectivity index (χ2v) is 9.22. The van der Waals surface area contributed by atoms with Gasteiger partial charge in [-0.15, -0.1) is 35.7 Å². The van der Waals surface area contributed by atoms with Gasteiger partial charge in [-0.25, -0.2) is 0 Å². The number of ether oxygens (including phenoxy) is 1. The second-order valence-electron chi connectivity index (χ2n) is 8.13. The third kappa shape index (κ3) is 7.01. The van der Waals surface area contributed by atoms with Crippen LogP contribution in [-0.4, -0.2) is 80.5 Å². The second kappa shape index (κ2) is 12.4. The van der Waals surface area contributed by atoms with E-state index >= 15 is 0 Å². The zero-order valence-corrected chi connectivity index (χ0v) is 21.2. The SMILES string of the molecule is CCNC(=NCC1(N(C)C)CCOCC1)N1CCC(CSc2ccccc2)C1.I. The Kier molecular flexibility index (Phi) is 10.6. The van der Waals surface area contributed by atoms with Crippen molar-refractivity contribution in [1.29, 1.82) is 0 Å². The van der Waals surface area contributed by atoms with Crippen LogP contribution in [0.15, 0.2) is 40.2 Å². The summed E-state index contributed by atoms with van der Waals surface area (Å²) in [5.74, 6) is 2.99. The summed E-state index contributed by atoms with van der Waals surface area (Å²) in [6.45, 7) is 7.79. The van der Waals surface area contributed by atoms with Crippen molar-refractivity contribution in [2.45, 2.75) is 36.6 Å². The fourth-order valence-corrected chi connectivity index (χ4v) is 5.09. The highest BCUT2D eigenvalue weighted by Gasteiger charge is 2.35. The summed E-state index contributed by atoms with van der Waals surface area (Å²) in [4.78, 5) is 11.3. The van der Waals surface area contributed by atoms with E-state index in [1.54, 1.807) is 0 Å². The molecule has 1 atom stereocenters. The number of nitrogens with one attached hydrogen (secondary N) is 1. The number of hydrogen-bond acceptors (Lipinski definition) is 4. The first-order valence-electron chi connectivity index (χ1n) is 10.6. The van der Waals surface area contributed by atoms with Crippen LogP contribution < -0.4 is 5.32 Å². The van der Waals surface area contributed by atoms with Crippen LogP contribution in [0, 0.1) is 5.92 Å². The topological polar surface area (TPSA) is 40.1 Å². The third-order valence-corrected chi connectivity index (χ3v) is 7.29. The minimum Gasteiger partial charge on any atom is -0.381 e. The van der Waals surface area contributed by atoms with Crippen LogP contribution >= 0.6 is 35.7 Å². The van der Waals surface area contributed by atoms with E-state index in [-0.39, 0.29) is 29.5 Å². The number of aliphatic imine (C=N–C) groups is 1. The van der Waals surface area contributed by atoms with E-state index in [1.807, 2.05) is 11.8 Å². The number of likely N-dealkylation sites (N-methyl/N-ethyl adjacent to an activating group) is 1. The Morgan fingerprint density at radius 1 is 1.28 bits per heavy atom. The minimum absolute atomic E-state index is 0. The summed E-state index contributed by atoms with van der Waals surface area (Å²) >= 11 is 1.98. The molecule has 0 radical (unpaired) electrons. The van der Waals surface area contributed by atoms with Crippen molar-refractivity contribution >= 4 is 41.7 Å². The van der Waals surface area contributed by atoms with Crippen molar-refractivity contribution in [3.8, 4) is 0 Å². The molecule has 1 N–H and O–H groups in total. The molecule has 2 aliphatic rings. The number of hydrogen-bond donors (Lipinski definition) is 1. The molecule has 3 rings (SSSR count). The van der Waals surface area contributed by atoms with Gasteiger partial charge in [0.15, 0.2) is 5.96 Å². The molecule has 1 aromatic rings. The Labute approximate surface area is 198 Å². The van der Waals surface area contributed by atoms with E-state index in [9.17, 15) is 0 Å². The number of nitrogens with zero attached hydrogens (tertiary/aromatic N) is 3. The van der Waals surface area contributed by atoms with Gasteiger partial charge in [-0.3, -0.25) is 4.99 Å². The molecule has 0 aliphatic carbocycles. The first kappa shape index (κ1) is 24.8. The molecule has 2 saturated heterocycles. The molecule has 1 unspecified atom stereocenters. The summed E-state index contributed by atoms with van der Waals surface area (Å²) in [5.41, 5.74) is 0.126. The lowest BCUT2D eigenvalue weighted by Crippen LogP contribution is -2.52. The number of halogens is 1. The van der Waals surface area contributed by atoms with E-state index in [0.717, 1.165) is 64.1 Å². The van der Waals surface area contributed by atoms with Crippen molar-refractivity contribution in [2.75, 3.05) is 59.2 Å². The van der Waals surface area contributed by atoms with Crippen LogP contribution in [0.3, 0.4) is 0 Å². The Bertz CT molecular complexity index is 622. The number of benzene rings is 1. The molecule has 164 valence electrons. The monoisotopic (exact) mass is 532 g/mol. The van der Waals surface area contributed by atoms with Crippen molar-refractivity contribution < 1.29 is 4.74 Å². The molecular weight excluding hydrogens is 495 g/mol. The lowest BCUT2D eigenvalue weighted by Gasteiger charge is -2.42. The predicted molar refractivity (Wildman–Crippen MR) is 135 cm³/mol. The van der Waals surface area contributed by atoms with Gasteiger partial charge in [0, 0.05) is 49.0 Å². The lowest BCUT2D eigenvalue weighted by atomic mass is 9.89. The smallest absolute Gasteiger partial charge is 0.193 e. The Morgan fingerprint density at radius 2 is 2.00 bits per heavy atom. The van der Waals surface area contributed by atoms with E-state index in [2.05, 4.69) is 66.5 Å². The molecule has 2 aliphatic heterocycles. The van der Waals surface area contributed by atoms with Gasteiger partial charge in [-0.05, 0) is 58.3 Å². The van der Waals surface area contributed by atoms with Crippen LogP contribution in [0.1, 0.15) is 26.2 Å². The van der Waals surface area contributed by atoms with E-state index in [4.69, 9.17) is 9.73 Å². The number of likely N-dealkylation sites (tertiary alicyclic amines) is 1. The van der Waals surface area contributed by atoms with E-state index < -0.39 is 0 Å². The average Bonchev–Trinajstić information content (AvgIpc) is 3.20.